The number of hydrazine groups is 1. The third kappa shape index (κ3) is 4.35. The number of hydrogen-bond acceptors (Lipinski definition) is 3. The van der Waals surface area contributed by atoms with Crippen molar-refractivity contribution in [2.75, 3.05) is 0 Å². The number of carbonyl (C=O) groups excluding carboxylic acids is 2. The third-order valence-electron chi connectivity index (χ3n) is 4.26. The summed E-state index contributed by atoms with van der Waals surface area (Å²) < 4.78 is 1.71. The van der Waals surface area contributed by atoms with Crippen LogP contribution < -0.4 is 10.9 Å². The standard InChI is InChI=1S/C20H18Cl2N4O2/c1-12-18(13(2)26(25-12)11-15-6-3-4-9-17(15)22)20(28)24-23-19(27)14-7-5-8-16(21)10-14/h3-10H,11H2,1-2H3,(H,23,27)(H,24,28). The molecule has 8 heteroatoms. The van der Waals surface area contributed by atoms with Gasteiger partial charge in [-0.1, -0.05) is 47.5 Å². The molecule has 3 aromatic rings. The molecule has 0 unspecified atom stereocenters. The topological polar surface area (TPSA) is 76.0 Å². The summed E-state index contributed by atoms with van der Waals surface area (Å²) in [6, 6.07) is 13.9. The van der Waals surface area contributed by atoms with Crippen molar-refractivity contribution in [3.05, 3.63) is 86.7 Å². The molecule has 0 aliphatic rings. The van der Waals surface area contributed by atoms with Crippen molar-refractivity contribution in [2.24, 2.45) is 0 Å². The Kier molecular flexibility index (Phi) is 6.02. The minimum absolute atomic E-state index is 0.343. The average Bonchev–Trinajstić information content (AvgIpc) is 2.94. The maximum Gasteiger partial charge on any atom is 0.273 e. The van der Waals surface area contributed by atoms with Gasteiger partial charge in [0.2, 0.25) is 0 Å². The Balaban J connectivity index is 1.73. The molecule has 0 atom stereocenters. The van der Waals surface area contributed by atoms with E-state index in [-0.39, 0.29) is 0 Å². The van der Waals surface area contributed by atoms with Gasteiger partial charge in [-0.25, -0.2) is 0 Å². The van der Waals surface area contributed by atoms with Gasteiger partial charge in [0, 0.05) is 21.3 Å². The molecule has 28 heavy (non-hydrogen) atoms. The molecule has 3 rings (SSSR count). The number of carbonyl (C=O) groups is 2. The molecule has 2 amide bonds. The van der Waals surface area contributed by atoms with Crippen molar-refractivity contribution in [3.63, 3.8) is 0 Å². The van der Waals surface area contributed by atoms with Gasteiger partial charge in [0.15, 0.2) is 0 Å². The predicted molar refractivity (Wildman–Crippen MR) is 109 cm³/mol. The third-order valence-corrected chi connectivity index (χ3v) is 4.87. The van der Waals surface area contributed by atoms with Crippen molar-refractivity contribution < 1.29 is 9.59 Å². The fraction of sp³-hybridized carbons (Fsp3) is 0.150. The van der Waals surface area contributed by atoms with Gasteiger partial charge >= 0.3 is 0 Å². The molecular formula is C20H18Cl2N4O2. The van der Waals surface area contributed by atoms with E-state index in [4.69, 9.17) is 23.2 Å². The van der Waals surface area contributed by atoms with E-state index in [0.29, 0.717) is 39.1 Å². The molecule has 0 aliphatic heterocycles. The summed E-state index contributed by atoms with van der Waals surface area (Å²) in [6.45, 7) is 3.98. The van der Waals surface area contributed by atoms with E-state index in [1.54, 1.807) is 36.7 Å². The summed E-state index contributed by atoms with van der Waals surface area (Å²) in [6.07, 6.45) is 0. The first-order valence-electron chi connectivity index (χ1n) is 8.50. The van der Waals surface area contributed by atoms with E-state index in [1.165, 1.54) is 6.07 Å². The first-order chi connectivity index (χ1) is 13.4. The van der Waals surface area contributed by atoms with E-state index in [1.807, 2.05) is 24.3 Å². The van der Waals surface area contributed by atoms with Gasteiger partial charge in [-0.2, -0.15) is 5.10 Å². The first-order valence-corrected chi connectivity index (χ1v) is 9.26. The largest absolute Gasteiger partial charge is 0.273 e. The zero-order chi connectivity index (χ0) is 20.3. The van der Waals surface area contributed by atoms with E-state index in [9.17, 15) is 9.59 Å². The molecule has 0 aliphatic carbocycles. The number of rotatable bonds is 4. The van der Waals surface area contributed by atoms with Gasteiger partial charge in [-0.3, -0.25) is 25.1 Å². The molecule has 1 heterocycles. The Labute approximate surface area is 172 Å². The summed E-state index contributed by atoms with van der Waals surface area (Å²) in [7, 11) is 0. The van der Waals surface area contributed by atoms with Gasteiger partial charge in [0.1, 0.15) is 0 Å². The number of aromatic nitrogens is 2. The molecule has 0 saturated carbocycles. The smallest absolute Gasteiger partial charge is 0.267 e. The highest BCUT2D eigenvalue weighted by molar-refractivity contribution is 6.31. The van der Waals surface area contributed by atoms with Crippen molar-refractivity contribution in [1.82, 2.24) is 20.6 Å². The lowest BCUT2D eigenvalue weighted by atomic mass is 10.2. The number of hydrogen-bond donors (Lipinski definition) is 2. The fourth-order valence-corrected chi connectivity index (χ4v) is 3.23. The molecule has 0 saturated heterocycles. The molecule has 0 fully saturated rings. The van der Waals surface area contributed by atoms with Crippen LogP contribution in [-0.2, 0) is 6.54 Å². The molecular weight excluding hydrogens is 399 g/mol. The lowest BCUT2D eigenvalue weighted by Crippen LogP contribution is -2.42. The summed E-state index contributed by atoms with van der Waals surface area (Å²) in [4.78, 5) is 24.8. The molecule has 0 radical (unpaired) electrons. The molecule has 144 valence electrons. The molecule has 1 aromatic heterocycles. The van der Waals surface area contributed by atoms with Gasteiger partial charge < -0.3 is 0 Å². The van der Waals surface area contributed by atoms with Gasteiger partial charge in [0.05, 0.1) is 17.8 Å². The number of nitrogens with zero attached hydrogens (tertiary/aromatic N) is 2. The maximum absolute atomic E-state index is 12.6. The quantitative estimate of drug-likeness (QED) is 0.632. The Morgan fingerprint density at radius 3 is 2.43 bits per heavy atom. The Bertz CT molecular complexity index is 1050. The second-order valence-electron chi connectivity index (χ2n) is 6.21. The van der Waals surface area contributed by atoms with Gasteiger partial charge in [0.25, 0.3) is 11.8 Å². The molecule has 6 nitrogen and oxygen atoms in total. The number of benzene rings is 2. The van der Waals surface area contributed by atoms with E-state index < -0.39 is 11.8 Å². The Morgan fingerprint density at radius 1 is 1.00 bits per heavy atom. The fourth-order valence-electron chi connectivity index (χ4n) is 2.85. The van der Waals surface area contributed by atoms with Crippen molar-refractivity contribution in [2.45, 2.75) is 20.4 Å². The maximum atomic E-state index is 12.6. The van der Waals surface area contributed by atoms with Crippen LogP contribution in [0.1, 0.15) is 37.7 Å². The van der Waals surface area contributed by atoms with Crippen LogP contribution in [0, 0.1) is 13.8 Å². The lowest BCUT2D eigenvalue weighted by Gasteiger charge is -2.09. The van der Waals surface area contributed by atoms with E-state index in [2.05, 4.69) is 16.0 Å². The number of halogens is 2. The van der Waals surface area contributed by atoms with Crippen LogP contribution in [-0.4, -0.2) is 21.6 Å². The van der Waals surface area contributed by atoms with E-state index in [0.717, 1.165) is 5.56 Å². The van der Waals surface area contributed by atoms with Crippen LogP contribution in [0.5, 0.6) is 0 Å². The Morgan fingerprint density at radius 2 is 1.71 bits per heavy atom. The molecule has 0 bridgehead atoms. The monoisotopic (exact) mass is 416 g/mol. The second-order valence-corrected chi connectivity index (χ2v) is 7.06. The van der Waals surface area contributed by atoms with Crippen molar-refractivity contribution in [3.8, 4) is 0 Å². The van der Waals surface area contributed by atoms with Gasteiger partial charge in [-0.15, -0.1) is 0 Å². The molecule has 2 N–H and O–H groups in total. The Hall–Kier alpha value is -2.83. The first kappa shape index (κ1) is 19.9. The minimum atomic E-state index is -0.463. The van der Waals surface area contributed by atoms with Crippen LogP contribution in [0.15, 0.2) is 48.5 Å². The summed E-state index contributed by atoms with van der Waals surface area (Å²) in [5.74, 6) is -0.912. The number of aryl methyl sites for hydroxylation is 1. The molecule has 2 aromatic carbocycles. The highest BCUT2D eigenvalue weighted by Crippen LogP contribution is 2.19. The number of nitrogens with one attached hydrogen (secondary N) is 2. The zero-order valence-electron chi connectivity index (χ0n) is 15.3. The summed E-state index contributed by atoms with van der Waals surface area (Å²) in [5.41, 5.74) is 7.69. The van der Waals surface area contributed by atoms with Crippen molar-refractivity contribution >= 4 is 35.0 Å². The zero-order valence-corrected chi connectivity index (χ0v) is 16.8. The van der Waals surface area contributed by atoms with Crippen LogP contribution in [0.4, 0.5) is 0 Å². The summed E-state index contributed by atoms with van der Waals surface area (Å²) in [5, 5.41) is 5.50. The number of amides is 2. The van der Waals surface area contributed by atoms with Crippen LogP contribution in [0.25, 0.3) is 0 Å². The van der Waals surface area contributed by atoms with Crippen LogP contribution in [0.3, 0.4) is 0 Å². The lowest BCUT2D eigenvalue weighted by molar-refractivity contribution is 0.0846. The normalized spacial score (nSPS) is 10.6. The highest BCUT2D eigenvalue weighted by Gasteiger charge is 2.20. The SMILES string of the molecule is Cc1nn(Cc2ccccc2Cl)c(C)c1C(=O)NNC(=O)c1cccc(Cl)c1. The van der Waals surface area contributed by atoms with Crippen molar-refractivity contribution in [1.29, 1.82) is 0 Å². The minimum Gasteiger partial charge on any atom is -0.267 e. The second kappa shape index (κ2) is 8.46. The highest BCUT2D eigenvalue weighted by atomic mass is 35.5. The van der Waals surface area contributed by atoms with Crippen LogP contribution >= 0.6 is 23.2 Å². The van der Waals surface area contributed by atoms with Crippen LogP contribution in [0.2, 0.25) is 10.0 Å². The predicted octanol–water partition coefficient (Wildman–Crippen LogP) is 3.93. The van der Waals surface area contributed by atoms with E-state index >= 15 is 0 Å². The summed E-state index contributed by atoms with van der Waals surface area (Å²) >= 11 is 12.1. The average molecular weight is 417 g/mol. The molecule has 0 spiro atoms. The van der Waals surface area contributed by atoms with Gasteiger partial charge in [-0.05, 0) is 43.7 Å².